The third kappa shape index (κ3) is 3.96. The zero-order chi connectivity index (χ0) is 21.3. The smallest absolute Gasteiger partial charge is 0.264 e. The molecule has 1 aliphatic heterocycles. The van der Waals surface area contributed by atoms with Crippen LogP contribution >= 0.6 is 0 Å². The lowest BCUT2D eigenvalue weighted by molar-refractivity contribution is 0.102. The Hall–Kier alpha value is -3.12. The fourth-order valence-electron chi connectivity index (χ4n) is 3.92. The van der Waals surface area contributed by atoms with E-state index >= 15 is 0 Å². The highest BCUT2D eigenvalue weighted by molar-refractivity contribution is 7.92. The van der Waals surface area contributed by atoms with Crippen molar-refractivity contribution in [3.8, 4) is 0 Å². The first kappa shape index (κ1) is 20.2. The Labute approximate surface area is 177 Å². The topological polar surface area (TPSA) is 66.5 Å². The molecule has 0 spiro atoms. The van der Waals surface area contributed by atoms with Crippen LogP contribution in [-0.2, 0) is 16.4 Å². The highest BCUT2D eigenvalue weighted by Crippen LogP contribution is 2.33. The highest BCUT2D eigenvalue weighted by atomic mass is 32.2. The van der Waals surface area contributed by atoms with E-state index in [1.54, 1.807) is 42.5 Å². The second-order valence-corrected chi connectivity index (χ2v) is 9.53. The fourth-order valence-corrected chi connectivity index (χ4v) is 5.48. The summed E-state index contributed by atoms with van der Waals surface area (Å²) in [5.41, 5.74) is 4.93. The lowest BCUT2D eigenvalue weighted by atomic mass is 10.0. The first-order valence-electron chi connectivity index (χ1n) is 9.95. The Morgan fingerprint density at radius 3 is 2.33 bits per heavy atom. The summed E-state index contributed by atoms with van der Waals surface area (Å²) in [4.78, 5) is 13.0. The summed E-state index contributed by atoms with van der Waals surface area (Å²) < 4.78 is 27.7. The number of aryl methyl sites for hydroxylation is 3. The van der Waals surface area contributed by atoms with Gasteiger partial charge in [-0.1, -0.05) is 35.4 Å². The van der Waals surface area contributed by atoms with Crippen LogP contribution in [0.4, 0.5) is 11.4 Å². The van der Waals surface area contributed by atoms with E-state index < -0.39 is 10.0 Å². The number of anilines is 2. The maximum atomic E-state index is 13.1. The van der Waals surface area contributed by atoms with Gasteiger partial charge < -0.3 is 5.32 Å². The van der Waals surface area contributed by atoms with Gasteiger partial charge in [0.05, 0.1) is 10.6 Å². The Morgan fingerprint density at radius 1 is 0.933 bits per heavy atom. The zero-order valence-corrected chi connectivity index (χ0v) is 17.9. The van der Waals surface area contributed by atoms with Crippen LogP contribution in [0.25, 0.3) is 0 Å². The zero-order valence-electron chi connectivity index (χ0n) is 17.1. The average molecular weight is 421 g/mol. The van der Waals surface area contributed by atoms with Crippen molar-refractivity contribution < 1.29 is 13.2 Å². The van der Waals surface area contributed by atoms with E-state index in [1.807, 2.05) is 38.1 Å². The van der Waals surface area contributed by atoms with Crippen molar-refractivity contribution in [1.29, 1.82) is 0 Å². The molecule has 0 fully saturated rings. The highest BCUT2D eigenvalue weighted by Gasteiger charge is 2.29. The molecule has 0 aliphatic carbocycles. The largest absolute Gasteiger partial charge is 0.322 e. The van der Waals surface area contributed by atoms with Crippen molar-refractivity contribution in [2.45, 2.75) is 31.6 Å². The molecule has 1 N–H and O–H groups in total. The molecule has 0 bridgehead atoms. The van der Waals surface area contributed by atoms with Crippen molar-refractivity contribution in [3.63, 3.8) is 0 Å². The van der Waals surface area contributed by atoms with Crippen molar-refractivity contribution in [2.75, 3.05) is 16.2 Å². The van der Waals surface area contributed by atoms with E-state index in [9.17, 15) is 13.2 Å². The molecule has 1 amide bonds. The van der Waals surface area contributed by atoms with Crippen LogP contribution in [0.1, 0.15) is 33.5 Å². The second kappa shape index (κ2) is 7.95. The Morgan fingerprint density at radius 2 is 1.63 bits per heavy atom. The third-order valence-corrected chi connectivity index (χ3v) is 7.06. The standard InChI is InChI=1S/C24H24N2O3S/c1-17-13-18(2)15-20(14-17)24(27)25-21-10-11-23-19(16-21)7-6-12-26(23)30(28,29)22-8-4-3-5-9-22/h3-5,8-11,13-16H,6-7,12H2,1-2H3,(H,25,27). The quantitative estimate of drug-likeness (QED) is 0.665. The lowest BCUT2D eigenvalue weighted by Crippen LogP contribution is -2.35. The van der Waals surface area contributed by atoms with E-state index in [0.29, 0.717) is 23.5 Å². The van der Waals surface area contributed by atoms with Gasteiger partial charge in [-0.2, -0.15) is 0 Å². The number of hydrogen-bond donors (Lipinski definition) is 1. The van der Waals surface area contributed by atoms with E-state index in [2.05, 4.69) is 5.32 Å². The number of amides is 1. The molecule has 0 radical (unpaired) electrons. The molecule has 30 heavy (non-hydrogen) atoms. The number of fused-ring (bicyclic) bond motifs is 1. The van der Waals surface area contributed by atoms with Gasteiger partial charge in [0.2, 0.25) is 0 Å². The Kier molecular flexibility index (Phi) is 5.35. The average Bonchev–Trinajstić information content (AvgIpc) is 2.73. The molecular weight excluding hydrogens is 396 g/mol. The lowest BCUT2D eigenvalue weighted by Gasteiger charge is -2.31. The van der Waals surface area contributed by atoms with E-state index in [0.717, 1.165) is 29.5 Å². The minimum atomic E-state index is -3.62. The van der Waals surface area contributed by atoms with Gasteiger partial charge in [-0.15, -0.1) is 0 Å². The van der Waals surface area contributed by atoms with Gasteiger partial charge in [0.15, 0.2) is 0 Å². The van der Waals surface area contributed by atoms with Crippen LogP contribution < -0.4 is 9.62 Å². The van der Waals surface area contributed by atoms with E-state index in [-0.39, 0.29) is 10.8 Å². The predicted octanol–water partition coefficient (Wildman–Crippen LogP) is 4.70. The molecule has 5 nitrogen and oxygen atoms in total. The molecule has 6 heteroatoms. The Balaban J connectivity index is 1.61. The number of rotatable bonds is 4. The number of hydrogen-bond acceptors (Lipinski definition) is 3. The molecule has 0 unspecified atom stereocenters. The maximum Gasteiger partial charge on any atom is 0.264 e. The summed E-state index contributed by atoms with van der Waals surface area (Å²) in [7, 11) is -3.62. The summed E-state index contributed by atoms with van der Waals surface area (Å²) in [5, 5.41) is 2.94. The first-order valence-corrected chi connectivity index (χ1v) is 11.4. The molecular formula is C24H24N2O3S. The summed E-state index contributed by atoms with van der Waals surface area (Å²) in [6.07, 6.45) is 1.50. The summed E-state index contributed by atoms with van der Waals surface area (Å²) in [6, 6.07) is 19.6. The number of carbonyl (C=O) groups excluding carboxylic acids is 1. The molecule has 0 saturated heterocycles. The molecule has 1 aliphatic rings. The van der Waals surface area contributed by atoms with Crippen LogP contribution in [0.5, 0.6) is 0 Å². The van der Waals surface area contributed by atoms with Gasteiger partial charge in [0.1, 0.15) is 0 Å². The number of benzene rings is 3. The van der Waals surface area contributed by atoms with Crippen LogP contribution in [-0.4, -0.2) is 20.9 Å². The van der Waals surface area contributed by atoms with Gasteiger partial charge in [-0.25, -0.2) is 8.42 Å². The fraction of sp³-hybridized carbons (Fsp3) is 0.208. The molecule has 3 aromatic carbocycles. The Bertz CT molecular complexity index is 1180. The third-order valence-electron chi connectivity index (χ3n) is 5.23. The van der Waals surface area contributed by atoms with Crippen molar-refractivity contribution >= 4 is 27.3 Å². The van der Waals surface area contributed by atoms with Crippen molar-refractivity contribution in [1.82, 2.24) is 0 Å². The molecule has 154 valence electrons. The number of sulfonamides is 1. The molecule has 0 saturated carbocycles. The molecule has 1 heterocycles. The van der Waals surface area contributed by atoms with E-state index in [1.165, 1.54) is 4.31 Å². The SMILES string of the molecule is Cc1cc(C)cc(C(=O)Nc2ccc3c(c2)CCCN3S(=O)(=O)c2ccccc2)c1. The van der Waals surface area contributed by atoms with Gasteiger partial charge in [-0.3, -0.25) is 9.10 Å². The van der Waals surface area contributed by atoms with Crippen molar-refractivity contribution in [2.24, 2.45) is 0 Å². The number of carbonyl (C=O) groups is 1. The monoisotopic (exact) mass is 420 g/mol. The molecule has 4 rings (SSSR count). The van der Waals surface area contributed by atoms with Crippen LogP contribution in [0, 0.1) is 13.8 Å². The molecule has 3 aromatic rings. The summed E-state index contributed by atoms with van der Waals surface area (Å²) in [5.74, 6) is -0.175. The number of nitrogens with one attached hydrogen (secondary N) is 1. The van der Waals surface area contributed by atoms with Gasteiger partial charge in [0, 0.05) is 17.8 Å². The normalized spacial score (nSPS) is 13.6. The molecule has 0 aromatic heterocycles. The van der Waals surface area contributed by atoms with Gasteiger partial charge in [-0.05, 0) is 74.7 Å². The summed E-state index contributed by atoms with van der Waals surface area (Å²) in [6.45, 7) is 4.37. The van der Waals surface area contributed by atoms with Crippen LogP contribution in [0.2, 0.25) is 0 Å². The van der Waals surface area contributed by atoms with Crippen LogP contribution in [0.3, 0.4) is 0 Å². The van der Waals surface area contributed by atoms with Crippen molar-refractivity contribution in [3.05, 3.63) is 89.0 Å². The van der Waals surface area contributed by atoms with Gasteiger partial charge in [0.25, 0.3) is 15.9 Å². The van der Waals surface area contributed by atoms with Gasteiger partial charge >= 0.3 is 0 Å². The number of nitrogens with zero attached hydrogens (tertiary/aromatic N) is 1. The molecule has 0 atom stereocenters. The first-order chi connectivity index (χ1) is 14.3. The second-order valence-electron chi connectivity index (χ2n) is 7.67. The maximum absolute atomic E-state index is 13.1. The van der Waals surface area contributed by atoms with E-state index in [4.69, 9.17) is 0 Å². The minimum Gasteiger partial charge on any atom is -0.322 e. The van der Waals surface area contributed by atoms with Crippen LogP contribution in [0.15, 0.2) is 71.6 Å². The minimum absolute atomic E-state index is 0.175. The summed E-state index contributed by atoms with van der Waals surface area (Å²) >= 11 is 0. The predicted molar refractivity (Wildman–Crippen MR) is 120 cm³/mol.